The molecule has 1 amide bonds. The van der Waals surface area contributed by atoms with Crippen LogP contribution in [0, 0.1) is 11.6 Å². The summed E-state index contributed by atoms with van der Waals surface area (Å²) in [5.41, 5.74) is 1.62. The lowest BCUT2D eigenvalue weighted by Gasteiger charge is -2.02. The molecule has 3 aromatic heterocycles. The molecule has 0 saturated carbocycles. The third-order valence-electron chi connectivity index (χ3n) is 3.62. The number of thiazole rings is 1. The third-order valence-corrected chi connectivity index (χ3v) is 4.38. The average Bonchev–Trinajstić information content (AvgIpc) is 3.34. The van der Waals surface area contributed by atoms with Gasteiger partial charge in [-0.15, -0.1) is 11.3 Å². The summed E-state index contributed by atoms with van der Waals surface area (Å²) in [6.45, 7) is 0. The lowest BCUT2D eigenvalue weighted by atomic mass is 10.1. The van der Waals surface area contributed by atoms with Crippen molar-refractivity contribution in [2.45, 2.75) is 0 Å². The molecule has 1 N–H and O–H groups in total. The predicted octanol–water partition coefficient (Wildman–Crippen LogP) is 4.39. The zero-order valence-electron chi connectivity index (χ0n) is 13.5. The number of amides is 1. The van der Waals surface area contributed by atoms with Crippen LogP contribution in [0.5, 0.6) is 0 Å². The van der Waals surface area contributed by atoms with Gasteiger partial charge in [0.25, 0.3) is 5.91 Å². The first-order valence-corrected chi connectivity index (χ1v) is 8.57. The molecule has 0 bridgehead atoms. The maximum absolute atomic E-state index is 13.5. The van der Waals surface area contributed by atoms with Gasteiger partial charge >= 0.3 is 0 Å². The first-order valence-electron chi connectivity index (χ1n) is 7.69. The number of benzene rings is 1. The van der Waals surface area contributed by atoms with E-state index in [2.05, 4.69) is 20.3 Å². The summed E-state index contributed by atoms with van der Waals surface area (Å²) in [7, 11) is 0. The van der Waals surface area contributed by atoms with Crippen LogP contribution in [-0.2, 0) is 0 Å². The second kappa shape index (κ2) is 7.04. The number of hydrogen-bond donors (Lipinski definition) is 1. The van der Waals surface area contributed by atoms with Gasteiger partial charge in [-0.2, -0.15) is 0 Å². The van der Waals surface area contributed by atoms with Gasteiger partial charge in [0.15, 0.2) is 23.2 Å². The molecule has 0 fully saturated rings. The van der Waals surface area contributed by atoms with Crippen LogP contribution in [0.3, 0.4) is 0 Å². The van der Waals surface area contributed by atoms with Crippen molar-refractivity contribution in [3.8, 4) is 22.6 Å². The summed E-state index contributed by atoms with van der Waals surface area (Å²) in [5.74, 6) is -2.76. The fraction of sp³-hybridized carbons (Fsp3) is 0. The smallest absolute Gasteiger partial charge is 0.295 e. The Balaban J connectivity index is 1.57. The Morgan fingerprint density at radius 2 is 1.96 bits per heavy atom. The molecular weight excluding hydrogens is 374 g/mol. The van der Waals surface area contributed by atoms with E-state index < -0.39 is 17.5 Å². The highest BCUT2D eigenvalue weighted by Gasteiger charge is 2.21. The quantitative estimate of drug-likeness (QED) is 0.564. The lowest BCUT2D eigenvalue weighted by molar-refractivity contribution is 0.0997. The summed E-state index contributed by atoms with van der Waals surface area (Å²) in [5, 5.41) is 4.71. The number of nitrogens with zero attached hydrogens (tertiary/aromatic N) is 3. The minimum atomic E-state index is -1.04. The Bertz CT molecular complexity index is 1110. The van der Waals surface area contributed by atoms with E-state index in [-0.39, 0.29) is 17.0 Å². The largest absolute Gasteiger partial charge is 0.438 e. The number of hydrogen-bond acceptors (Lipinski definition) is 6. The van der Waals surface area contributed by atoms with Gasteiger partial charge in [-0.05, 0) is 30.3 Å². The molecule has 0 unspecified atom stereocenters. The zero-order chi connectivity index (χ0) is 18.8. The molecule has 27 heavy (non-hydrogen) atoms. The van der Waals surface area contributed by atoms with Crippen LogP contribution in [-0.4, -0.2) is 20.9 Å². The third kappa shape index (κ3) is 3.44. The lowest BCUT2D eigenvalue weighted by Crippen LogP contribution is -2.12. The van der Waals surface area contributed by atoms with Gasteiger partial charge in [-0.25, -0.2) is 18.7 Å². The van der Waals surface area contributed by atoms with Gasteiger partial charge in [-0.1, -0.05) is 6.07 Å². The topological polar surface area (TPSA) is 80.9 Å². The fourth-order valence-corrected chi connectivity index (χ4v) is 3.07. The predicted molar refractivity (Wildman–Crippen MR) is 95.2 cm³/mol. The Morgan fingerprint density at radius 3 is 2.74 bits per heavy atom. The van der Waals surface area contributed by atoms with Crippen molar-refractivity contribution in [3.05, 3.63) is 71.8 Å². The second-order valence-electron chi connectivity index (χ2n) is 5.37. The van der Waals surface area contributed by atoms with Gasteiger partial charge in [0.1, 0.15) is 11.4 Å². The van der Waals surface area contributed by atoms with Crippen LogP contribution < -0.4 is 5.32 Å². The van der Waals surface area contributed by atoms with Crippen molar-refractivity contribution in [2.75, 3.05) is 5.32 Å². The number of carbonyl (C=O) groups excluding carboxylic acids is 1. The molecule has 0 radical (unpaired) electrons. The standard InChI is InChI=1S/C18H10F2N4O2S/c19-11-5-4-10(7-12(11)20)15-16(26-9-22-15)17(25)24-18-23-14(8-27-18)13-3-1-2-6-21-13/h1-9H,(H,23,24,25). The van der Waals surface area contributed by atoms with Crippen LogP contribution in [0.1, 0.15) is 10.6 Å². The van der Waals surface area contributed by atoms with E-state index in [4.69, 9.17) is 4.42 Å². The summed E-state index contributed by atoms with van der Waals surface area (Å²) < 4.78 is 31.7. The molecule has 0 aliphatic rings. The summed E-state index contributed by atoms with van der Waals surface area (Å²) in [4.78, 5) is 24.9. The summed E-state index contributed by atoms with van der Waals surface area (Å²) in [6, 6.07) is 8.66. The van der Waals surface area contributed by atoms with Crippen molar-refractivity contribution in [1.82, 2.24) is 15.0 Å². The molecule has 3 heterocycles. The molecule has 0 spiro atoms. The number of anilines is 1. The second-order valence-corrected chi connectivity index (χ2v) is 6.22. The number of oxazole rings is 1. The Hall–Kier alpha value is -3.46. The maximum Gasteiger partial charge on any atom is 0.295 e. The van der Waals surface area contributed by atoms with Gasteiger partial charge in [0, 0.05) is 17.1 Å². The van der Waals surface area contributed by atoms with Gasteiger partial charge in [0.2, 0.25) is 5.76 Å². The molecule has 0 aliphatic heterocycles. The molecule has 9 heteroatoms. The Morgan fingerprint density at radius 1 is 1.07 bits per heavy atom. The Kier molecular flexibility index (Phi) is 4.43. The van der Waals surface area contributed by atoms with Gasteiger partial charge in [0.05, 0.1) is 5.69 Å². The SMILES string of the molecule is O=C(Nc1nc(-c2ccccn2)cs1)c1ocnc1-c1ccc(F)c(F)c1. The van der Waals surface area contributed by atoms with E-state index in [1.54, 1.807) is 23.7 Å². The highest BCUT2D eigenvalue weighted by atomic mass is 32.1. The number of pyridine rings is 1. The highest BCUT2D eigenvalue weighted by molar-refractivity contribution is 7.14. The van der Waals surface area contributed by atoms with E-state index in [1.165, 1.54) is 17.4 Å². The van der Waals surface area contributed by atoms with Crippen molar-refractivity contribution in [3.63, 3.8) is 0 Å². The van der Waals surface area contributed by atoms with Gasteiger partial charge in [-0.3, -0.25) is 15.1 Å². The summed E-state index contributed by atoms with van der Waals surface area (Å²) in [6.07, 6.45) is 2.71. The molecule has 4 rings (SSSR count). The minimum Gasteiger partial charge on any atom is -0.438 e. The van der Waals surface area contributed by atoms with E-state index >= 15 is 0 Å². The van der Waals surface area contributed by atoms with Gasteiger partial charge < -0.3 is 4.42 Å². The minimum absolute atomic E-state index is 0.105. The molecule has 4 aromatic rings. The van der Waals surface area contributed by atoms with Crippen molar-refractivity contribution in [1.29, 1.82) is 0 Å². The number of nitrogens with one attached hydrogen (secondary N) is 1. The van der Waals surface area contributed by atoms with Crippen molar-refractivity contribution >= 4 is 22.4 Å². The maximum atomic E-state index is 13.5. The molecule has 0 aliphatic carbocycles. The molecule has 0 atom stereocenters. The molecular formula is C18H10F2N4O2S. The highest BCUT2D eigenvalue weighted by Crippen LogP contribution is 2.27. The monoisotopic (exact) mass is 384 g/mol. The molecule has 0 saturated heterocycles. The number of carbonyl (C=O) groups is 1. The molecule has 6 nitrogen and oxygen atoms in total. The number of rotatable bonds is 4. The van der Waals surface area contributed by atoms with Crippen LogP contribution in [0.2, 0.25) is 0 Å². The first kappa shape index (κ1) is 17.0. The number of halogens is 2. The van der Waals surface area contributed by atoms with E-state index in [9.17, 15) is 13.6 Å². The van der Waals surface area contributed by atoms with Crippen LogP contribution in [0.4, 0.5) is 13.9 Å². The fourth-order valence-electron chi connectivity index (χ4n) is 2.37. The van der Waals surface area contributed by atoms with Crippen molar-refractivity contribution in [2.24, 2.45) is 0 Å². The zero-order valence-corrected chi connectivity index (χ0v) is 14.3. The van der Waals surface area contributed by atoms with Crippen LogP contribution >= 0.6 is 11.3 Å². The summed E-state index contributed by atoms with van der Waals surface area (Å²) >= 11 is 1.22. The van der Waals surface area contributed by atoms with Crippen LogP contribution in [0.15, 0.2) is 58.8 Å². The number of aromatic nitrogens is 3. The van der Waals surface area contributed by atoms with Crippen molar-refractivity contribution < 1.29 is 18.0 Å². The first-order chi connectivity index (χ1) is 13.1. The normalized spacial score (nSPS) is 10.7. The Labute approximate surface area is 155 Å². The average molecular weight is 384 g/mol. The van der Waals surface area contributed by atoms with Crippen LogP contribution in [0.25, 0.3) is 22.6 Å². The van der Waals surface area contributed by atoms with E-state index in [0.29, 0.717) is 16.5 Å². The van der Waals surface area contributed by atoms with E-state index in [0.717, 1.165) is 18.5 Å². The van der Waals surface area contributed by atoms with E-state index in [1.807, 2.05) is 6.07 Å². The molecule has 1 aromatic carbocycles. The molecule has 134 valence electrons.